The van der Waals surface area contributed by atoms with E-state index in [-0.39, 0.29) is 11.2 Å². The Morgan fingerprint density at radius 2 is 2.09 bits per heavy atom. The van der Waals surface area contributed by atoms with Crippen LogP contribution in [-0.2, 0) is 11.3 Å². The summed E-state index contributed by atoms with van der Waals surface area (Å²) in [5, 5.41) is 15.3. The van der Waals surface area contributed by atoms with Crippen molar-refractivity contribution in [1.29, 1.82) is 0 Å². The van der Waals surface area contributed by atoms with Crippen molar-refractivity contribution in [2.24, 2.45) is 0 Å². The first kappa shape index (κ1) is 17.1. The van der Waals surface area contributed by atoms with Gasteiger partial charge in [-0.25, -0.2) is 0 Å². The van der Waals surface area contributed by atoms with Crippen LogP contribution in [0.5, 0.6) is 0 Å². The molecular formula is C14H17ClN4OS2. The molecule has 0 spiro atoms. The van der Waals surface area contributed by atoms with Gasteiger partial charge in [0, 0.05) is 18.1 Å². The maximum Gasteiger partial charge on any atom is 0.233 e. The molecule has 5 nitrogen and oxygen atoms in total. The highest BCUT2D eigenvalue weighted by atomic mass is 35.5. The highest BCUT2D eigenvalue weighted by molar-refractivity contribution is 8.02. The third kappa shape index (κ3) is 5.15. The second kappa shape index (κ2) is 8.36. The average Bonchev–Trinajstić information content (AvgIpc) is 2.94. The molecule has 1 amide bonds. The van der Waals surface area contributed by atoms with Gasteiger partial charge in [-0.1, -0.05) is 46.8 Å². The topological polar surface area (TPSA) is 66.9 Å². The number of hydrogen-bond acceptors (Lipinski definition) is 6. The molecule has 8 heteroatoms. The van der Waals surface area contributed by atoms with Gasteiger partial charge in [0.1, 0.15) is 0 Å². The Balaban J connectivity index is 1.82. The van der Waals surface area contributed by atoms with E-state index in [9.17, 15) is 4.79 Å². The van der Waals surface area contributed by atoms with Gasteiger partial charge in [-0.15, -0.1) is 10.2 Å². The molecule has 1 aromatic carbocycles. The molecule has 0 aliphatic rings. The van der Waals surface area contributed by atoms with Crippen LogP contribution in [0.3, 0.4) is 0 Å². The lowest BCUT2D eigenvalue weighted by atomic mass is 10.2. The highest BCUT2D eigenvalue weighted by Crippen LogP contribution is 2.28. The van der Waals surface area contributed by atoms with E-state index in [1.165, 1.54) is 23.1 Å². The number of hydrogen-bond donors (Lipinski definition) is 2. The van der Waals surface area contributed by atoms with Crippen LogP contribution in [-0.4, -0.2) is 27.9 Å². The van der Waals surface area contributed by atoms with Gasteiger partial charge in [0.25, 0.3) is 0 Å². The number of aromatic nitrogens is 2. The molecule has 0 aliphatic carbocycles. The van der Waals surface area contributed by atoms with Crippen LogP contribution in [0, 0.1) is 0 Å². The molecule has 0 bridgehead atoms. The largest absolute Gasteiger partial charge is 0.360 e. The molecule has 2 N–H and O–H groups in total. The summed E-state index contributed by atoms with van der Waals surface area (Å²) < 4.78 is 0.782. The number of carbonyl (C=O) groups is 1. The maximum atomic E-state index is 12.1. The molecule has 1 atom stereocenters. The number of rotatable bonds is 7. The maximum absolute atomic E-state index is 12.1. The summed E-state index contributed by atoms with van der Waals surface area (Å²) >= 11 is 8.69. The van der Waals surface area contributed by atoms with E-state index in [2.05, 4.69) is 20.8 Å². The van der Waals surface area contributed by atoms with Crippen molar-refractivity contribution < 1.29 is 4.79 Å². The Labute approximate surface area is 142 Å². The highest BCUT2D eigenvalue weighted by Gasteiger charge is 2.16. The minimum Gasteiger partial charge on any atom is -0.360 e. The number of benzene rings is 1. The lowest BCUT2D eigenvalue weighted by molar-refractivity contribution is -0.120. The lowest BCUT2D eigenvalue weighted by Gasteiger charge is -2.10. The molecular weight excluding hydrogens is 340 g/mol. The predicted molar refractivity (Wildman–Crippen MR) is 92.7 cm³/mol. The van der Waals surface area contributed by atoms with Crippen LogP contribution < -0.4 is 10.6 Å². The second-order valence-electron chi connectivity index (χ2n) is 4.51. The standard InChI is InChI=1S/C14H17ClN4OS2/c1-3-16-13-18-19-14(22-13)21-9(2)12(20)17-8-10-4-6-11(15)7-5-10/h4-7,9H,3,8H2,1-2H3,(H,16,18)(H,17,20). The van der Waals surface area contributed by atoms with Crippen LogP contribution in [0.4, 0.5) is 5.13 Å². The minimum absolute atomic E-state index is 0.0276. The molecule has 1 aromatic heterocycles. The van der Waals surface area contributed by atoms with Crippen molar-refractivity contribution >= 4 is 45.7 Å². The van der Waals surface area contributed by atoms with E-state index >= 15 is 0 Å². The molecule has 118 valence electrons. The van der Waals surface area contributed by atoms with Crippen molar-refractivity contribution in [2.75, 3.05) is 11.9 Å². The van der Waals surface area contributed by atoms with Crippen molar-refractivity contribution in [3.8, 4) is 0 Å². The van der Waals surface area contributed by atoms with Crippen molar-refractivity contribution in [2.45, 2.75) is 30.0 Å². The lowest BCUT2D eigenvalue weighted by Crippen LogP contribution is -2.30. The number of anilines is 1. The minimum atomic E-state index is -0.227. The van der Waals surface area contributed by atoms with Gasteiger partial charge < -0.3 is 10.6 Å². The summed E-state index contributed by atoms with van der Waals surface area (Å²) in [4.78, 5) is 12.1. The van der Waals surface area contributed by atoms with Crippen LogP contribution in [0.25, 0.3) is 0 Å². The molecule has 22 heavy (non-hydrogen) atoms. The molecule has 0 aliphatic heterocycles. The molecule has 2 aromatic rings. The Morgan fingerprint density at radius 3 is 2.77 bits per heavy atom. The normalized spacial score (nSPS) is 12.0. The summed E-state index contributed by atoms with van der Waals surface area (Å²) in [6.45, 7) is 5.15. The SMILES string of the molecule is CCNc1nnc(SC(C)C(=O)NCc2ccc(Cl)cc2)s1. The second-order valence-corrected chi connectivity index (χ2v) is 7.51. The molecule has 0 fully saturated rings. The van der Waals surface area contributed by atoms with Gasteiger partial charge in [-0.3, -0.25) is 4.79 Å². The van der Waals surface area contributed by atoms with Crippen molar-refractivity contribution in [3.05, 3.63) is 34.9 Å². The molecule has 0 saturated heterocycles. The van der Waals surface area contributed by atoms with Crippen LogP contribution in [0.1, 0.15) is 19.4 Å². The van der Waals surface area contributed by atoms with E-state index in [1.54, 1.807) is 0 Å². The molecule has 2 rings (SSSR count). The van der Waals surface area contributed by atoms with E-state index in [0.29, 0.717) is 11.6 Å². The van der Waals surface area contributed by atoms with E-state index in [1.807, 2.05) is 38.1 Å². The molecule has 1 heterocycles. The van der Waals surface area contributed by atoms with Gasteiger partial charge in [-0.2, -0.15) is 0 Å². The summed E-state index contributed by atoms with van der Waals surface area (Å²) in [6.07, 6.45) is 0. The Bertz CT molecular complexity index is 618. The van der Waals surface area contributed by atoms with Crippen LogP contribution in [0.15, 0.2) is 28.6 Å². The van der Waals surface area contributed by atoms with Crippen LogP contribution >= 0.6 is 34.7 Å². The van der Waals surface area contributed by atoms with Gasteiger partial charge in [0.2, 0.25) is 11.0 Å². The summed E-state index contributed by atoms with van der Waals surface area (Å²) in [5.74, 6) is -0.0276. The molecule has 0 radical (unpaired) electrons. The summed E-state index contributed by atoms with van der Waals surface area (Å²) in [6, 6.07) is 7.41. The third-order valence-corrected chi connectivity index (χ3v) is 5.08. The van der Waals surface area contributed by atoms with Crippen molar-refractivity contribution in [3.63, 3.8) is 0 Å². The number of nitrogens with zero attached hydrogens (tertiary/aromatic N) is 2. The molecule has 1 unspecified atom stereocenters. The monoisotopic (exact) mass is 356 g/mol. The first-order valence-electron chi connectivity index (χ1n) is 6.84. The predicted octanol–water partition coefficient (Wildman–Crippen LogP) is 3.42. The number of halogens is 1. The fourth-order valence-corrected chi connectivity index (χ4v) is 3.73. The zero-order valence-corrected chi connectivity index (χ0v) is 14.7. The fraction of sp³-hybridized carbons (Fsp3) is 0.357. The molecule has 0 saturated carbocycles. The summed E-state index contributed by atoms with van der Waals surface area (Å²) in [7, 11) is 0. The van der Waals surface area contributed by atoms with E-state index in [0.717, 1.165) is 21.6 Å². The van der Waals surface area contributed by atoms with Crippen molar-refractivity contribution in [1.82, 2.24) is 15.5 Å². The number of carbonyl (C=O) groups excluding carboxylic acids is 1. The van der Waals surface area contributed by atoms with Gasteiger partial charge in [0.05, 0.1) is 5.25 Å². The Hall–Kier alpha value is -1.31. The zero-order valence-electron chi connectivity index (χ0n) is 12.3. The Morgan fingerprint density at radius 1 is 1.36 bits per heavy atom. The quantitative estimate of drug-likeness (QED) is 0.744. The average molecular weight is 357 g/mol. The number of thioether (sulfide) groups is 1. The summed E-state index contributed by atoms with van der Waals surface area (Å²) in [5.41, 5.74) is 1.01. The Kier molecular flexibility index (Phi) is 6.48. The number of amides is 1. The smallest absolute Gasteiger partial charge is 0.233 e. The first-order valence-corrected chi connectivity index (χ1v) is 8.92. The third-order valence-electron chi connectivity index (χ3n) is 2.76. The van der Waals surface area contributed by atoms with Gasteiger partial charge in [0.15, 0.2) is 4.34 Å². The van der Waals surface area contributed by atoms with Gasteiger partial charge in [-0.05, 0) is 31.5 Å². The van der Waals surface area contributed by atoms with E-state index < -0.39 is 0 Å². The van der Waals surface area contributed by atoms with Gasteiger partial charge >= 0.3 is 0 Å². The first-order chi connectivity index (χ1) is 10.6. The number of nitrogens with one attached hydrogen (secondary N) is 2. The van der Waals surface area contributed by atoms with Crippen LogP contribution in [0.2, 0.25) is 5.02 Å². The zero-order chi connectivity index (χ0) is 15.9. The van der Waals surface area contributed by atoms with E-state index in [4.69, 9.17) is 11.6 Å². The fourth-order valence-electron chi connectivity index (χ4n) is 1.62.